The highest BCUT2D eigenvalue weighted by Gasteiger charge is 2.52. The molecule has 0 bridgehead atoms. The maximum Gasteiger partial charge on any atom is 0.329 e. The number of rotatable bonds is 3. The summed E-state index contributed by atoms with van der Waals surface area (Å²) in [5.41, 5.74) is 1.28. The molecule has 0 aromatic heterocycles. The Balaban J connectivity index is 1.77. The van der Waals surface area contributed by atoms with E-state index in [-0.39, 0.29) is 11.8 Å². The predicted molar refractivity (Wildman–Crippen MR) is 65.2 cm³/mol. The fourth-order valence-electron chi connectivity index (χ4n) is 2.67. The highest BCUT2D eigenvalue weighted by molar-refractivity contribution is 5.92. The monoisotopic (exact) mass is 245 g/mol. The first kappa shape index (κ1) is 11.3. The first-order valence-electron chi connectivity index (χ1n) is 6.26. The molecular formula is C14H15NO3. The number of hydrogen-bond acceptors (Lipinski definition) is 2. The number of hydrogen-bond donors (Lipinski definition) is 2. The molecule has 2 N–H and O–H groups in total. The van der Waals surface area contributed by atoms with Gasteiger partial charge < -0.3 is 10.4 Å². The second-order valence-corrected chi connectivity index (χ2v) is 5.17. The molecule has 4 heteroatoms. The van der Waals surface area contributed by atoms with E-state index in [1.54, 1.807) is 0 Å². The molecule has 4 nitrogen and oxygen atoms in total. The molecule has 1 aromatic rings. The van der Waals surface area contributed by atoms with E-state index in [9.17, 15) is 9.59 Å². The van der Waals surface area contributed by atoms with Crippen LogP contribution in [-0.2, 0) is 16.0 Å². The molecule has 2 aliphatic rings. The Morgan fingerprint density at radius 1 is 1.28 bits per heavy atom. The second kappa shape index (κ2) is 3.83. The average molecular weight is 245 g/mol. The van der Waals surface area contributed by atoms with Crippen molar-refractivity contribution in [3.8, 4) is 0 Å². The molecule has 94 valence electrons. The zero-order chi connectivity index (χ0) is 12.8. The smallest absolute Gasteiger partial charge is 0.329 e. The van der Waals surface area contributed by atoms with E-state index in [4.69, 9.17) is 5.11 Å². The zero-order valence-corrected chi connectivity index (χ0v) is 9.98. The van der Waals surface area contributed by atoms with E-state index < -0.39 is 11.5 Å². The third kappa shape index (κ3) is 1.68. The fourth-order valence-corrected chi connectivity index (χ4v) is 2.67. The van der Waals surface area contributed by atoms with Gasteiger partial charge in [0.2, 0.25) is 5.91 Å². The van der Waals surface area contributed by atoms with Gasteiger partial charge in [-0.2, -0.15) is 0 Å². The molecule has 0 saturated heterocycles. The molecule has 1 amide bonds. The lowest BCUT2D eigenvalue weighted by molar-refractivity contribution is -0.143. The lowest BCUT2D eigenvalue weighted by Gasteiger charge is -2.17. The van der Waals surface area contributed by atoms with Crippen molar-refractivity contribution in [3.63, 3.8) is 0 Å². The van der Waals surface area contributed by atoms with Crippen molar-refractivity contribution >= 4 is 11.9 Å². The molecule has 2 aliphatic carbocycles. The van der Waals surface area contributed by atoms with E-state index in [1.807, 2.05) is 24.3 Å². The van der Waals surface area contributed by atoms with Crippen LogP contribution in [0.15, 0.2) is 24.3 Å². The number of aryl methyl sites for hydroxylation is 1. The van der Waals surface area contributed by atoms with Crippen LogP contribution in [0.5, 0.6) is 0 Å². The summed E-state index contributed by atoms with van der Waals surface area (Å²) >= 11 is 0. The van der Waals surface area contributed by atoms with E-state index in [0.717, 1.165) is 18.4 Å². The molecule has 1 aromatic carbocycles. The lowest BCUT2D eigenvalue weighted by atomic mass is 10.00. The Bertz CT molecular complexity index is 520. The first-order chi connectivity index (χ1) is 8.62. The Morgan fingerprint density at radius 3 is 2.67 bits per heavy atom. The molecule has 0 radical (unpaired) electrons. The predicted octanol–water partition coefficient (Wildman–Crippen LogP) is 1.45. The summed E-state index contributed by atoms with van der Waals surface area (Å²) < 4.78 is 0. The summed E-state index contributed by atoms with van der Waals surface area (Å²) in [5, 5.41) is 11.8. The Morgan fingerprint density at radius 2 is 2.00 bits per heavy atom. The maximum absolute atomic E-state index is 12.2. The minimum atomic E-state index is -0.978. The Kier molecular flexibility index (Phi) is 2.40. The van der Waals surface area contributed by atoms with Crippen LogP contribution in [0.4, 0.5) is 0 Å². The Labute approximate surface area is 105 Å². The normalized spacial score (nSPS) is 23.2. The second-order valence-electron chi connectivity index (χ2n) is 5.17. The van der Waals surface area contributed by atoms with Crippen molar-refractivity contribution in [1.29, 1.82) is 0 Å². The number of carbonyl (C=O) groups is 2. The van der Waals surface area contributed by atoms with Gasteiger partial charge in [0.1, 0.15) is 5.54 Å². The fraction of sp³-hybridized carbons (Fsp3) is 0.429. The van der Waals surface area contributed by atoms with Crippen LogP contribution < -0.4 is 5.32 Å². The van der Waals surface area contributed by atoms with Crippen LogP contribution in [-0.4, -0.2) is 22.5 Å². The van der Waals surface area contributed by atoms with Gasteiger partial charge in [0.25, 0.3) is 0 Å². The third-order valence-corrected chi connectivity index (χ3v) is 3.97. The van der Waals surface area contributed by atoms with Crippen molar-refractivity contribution in [2.24, 2.45) is 0 Å². The van der Waals surface area contributed by atoms with E-state index in [0.29, 0.717) is 12.8 Å². The molecule has 1 saturated carbocycles. The van der Waals surface area contributed by atoms with Gasteiger partial charge in [0.15, 0.2) is 0 Å². The topological polar surface area (TPSA) is 66.4 Å². The Hall–Kier alpha value is -1.84. The molecule has 1 fully saturated rings. The zero-order valence-electron chi connectivity index (χ0n) is 9.98. The van der Waals surface area contributed by atoms with Gasteiger partial charge in [-0.05, 0) is 36.8 Å². The summed E-state index contributed by atoms with van der Waals surface area (Å²) in [6, 6.07) is 7.90. The molecule has 1 unspecified atom stereocenters. The minimum Gasteiger partial charge on any atom is -0.480 e. The summed E-state index contributed by atoms with van der Waals surface area (Å²) in [6.45, 7) is 0. The standard InChI is InChI=1S/C14H15NO3/c16-12(15-14(7-8-14)13(17)18)11-6-5-9-3-1-2-4-10(9)11/h1-4,11H,5-8H2,(H,15,16)(H,17,18). The van der Waals surface area contributed by atoms with Gasteiger partial charge >= 0.3 is 5.97 Å². The van der Waals surface area contributed by atoms with E-state index >= 15 is 0 Å². The minimum absolute atomic E-state index is 0.139. The van der Waals surface area contributed by atoms with Crippen molar-refractivity contribution < 1.29 is 14.7 Å². The van der Waals surface area contributed by atoms with Crippen LogP contribution in [0.1, 0.15) is 36.3 Å². The number of carboxylic acid groups (broad SMARTS) is 1. The number of amides is 1. The number of fused-ring (bicyclic) bond motifs is 1. The van der Waals surface area contributed by atoms with Gasteiger partial charge in [0, 0.05) is 0 Å². The van der Waals surface area contributed by atoms with Crippen LogP contribution in [0, 0.1) is 0 Å². The molecule has 18 heavy (non-hydrogen) atoms. The third-order valence-electron chi connectivity index (χ3n) is 3.97. The maximum atomic E-state index is 12.2. The molecule has 0 spiro atoms. The van der Waals surface area contributed by atoms with Crippen LogP contribution in [0.25, 0.3) is 0 Å². The van der Waals surface area contributed by atoms with Crippen LogP contribution in [0.3, 0.4) is 0 Å². The van der Waals surface area contributed by atoms with Gasteiger partial charge in [-0.15, -0.1) is 0 Å². The average Bonchev–Trinajstić information content (AvgIpc) is 3.01. The van der Waals surface area contributed by atoms with Gasteiger partial charge in [-0.3, -0.25) is 4.79 Å². The number of aliphatic carboxylic acids is 1. The number of nitrogens with one attached hydrogen (secondary N) is 1. The van der Waals surface area contributed by atoms with Gasteiger partial charge in [-0.25, -0.2) is 4.79 Å². The first-order valence-corrected chi connectivity index (χ1v) is 6.26. The number of carbonyl (C=O) groups excluding carboxylic acids is 1. The molecule has 0 aliphatic heterocycles. The SMILES string of the molecule is O=C(NC1(C(=O)O)CC1)C1CCc2ccccc21. The summed E-state index contributed by atoms with van der Waals surface area (Å²) in [7, 11) is 0. The van der Waals surface area contributed by atoms with Crippen LogP contribution in [0.2, 0.25) is 0 Å². The number of benzene rings is 1. The molecule has 1 atom stereocenters. The van der Waals surface area contributed by atoms with Crippen molar-refractivity contribution in [2.45, 2.75) is 37.1 Å². The van der Waals surface area contributed by atoms with E-state index in [1.165, 1.54) is 5.56 Å². The van der Waals surface area contributed by atoms with E-state index in [2.05, 4.69) is 5.32 Å². The lowest BCUT2D eigenvalue weighted by Crippen LogP contribution is -2.44. The van der Waals surface area contributed by atoms with Crippen LogP contribution >= 0.6 is 0 Å². The summed E-state index contributed by atoms with van der Waals surface area (Å²) in [6.07, 6.45) is 2.76. The van der Waals surface area contributed by atoms with Crippen molar-refractivity contribution in [1.82, 2.24) is 5.32 Å². The van der Waals surface area contributed by atoms with Gasteiger partial charge in [0.05, 0.1) is 5.92 Å². The highest BCUT2D eigenvalue weighted by Crippen LogP contribution is 2.38. The molecular weight excluding hydrogens is 230 g/mol. The quantitative estimate of drug-likeness (QED) is 0.847. The highest BCUT2D eigenvalue weighted by atomic mass is 16.4. The summed E-state index contributed by atoms with van der Waals surface area (Å²) in [4.78, 5) is 23.3. The molecule has 3 rings (SSSR count). The molecule has 0 heterocycles. The largest absolute Gasteiger partial charge is 0.480 e. The van der Waals surface area contributed by atoms with Crippen molar-refractivity contribution in [3.05, 3.63) is 35.4 Å². The van der Waals surface area contributed by atoms with Crippen molar-refractivity contribution in [2.75, 3.05) is 0 Å². The van der Waals surface area contributed by atoms with Gasteiger partial charge in [-0.1, -0.05) is 24.3 Å². The number of carboxylic acids is 1. The summed E-state index contributed by atoms with van der Waals surface area (Å²) in [5.74, 6) is -1.24.